The average Bonchev–Trinajstić information content (AvgIpc) is 3.34. The van der Waals surface area contributed by atoms with Crippen molar-refractivity contribution in [3.63, 3.8) is 0 Å². The Labute approximate surface area is 201 Å². The standard InChI is InChI=1S/C27H21N5OS/c33-27(21-9-11-24(12-10-21)34-25-8-4-5-15-29-25)30-18-22-19-32(23-6-2-1-3-7-23)31-26(22)20-13-16-28-17-14-20/h1-17,19H,18H2,(H,30,33). The van der Waals surface area contributed by atoms with Crippen molar-refractivity contribution in [2.45, 2.75) is 16.5 Å². The minimum atomic E-state index is -0.137. The van der Waals surface area contributed by atoms with Crippen molar-refractivity contribution >= 4 is 17.7 Å². The first-order valence-electron chi connectivity index (χ1n) is 10.8. The minimum absolute atomic E-state index is 0.137. The molecule has 0 atom stereocenters. The summed E-state index contributed by atoms with van der Waals surface area (Å²) in [5.41, 5.74) is 4.24. The first-order valence-corrected chi connectivity index (χ1v) is 11.6. The highest BCUT2D eigenvalue weighted by Crippen LogP contribution is 2.26. The molecule has 3 aromatic heterocycles. The second-order valence-corrected chi connectivity index (χ2v) is 8.59. The monoisotopic (exact) mass is 463 g/mol. The van der Waals surface area contributed by atoms with Crippen LogP contribution in [0.15, 0.2) is 120 Å². The van der Waals surface area contributed by atoms with Gasteiger partial charge in [0.15, 0.2) is 0 Å². The fourth-order valence-corrected chi connectivity index (χ4v) is 4.26. The smallest absolute Gasteiger partial charge is 0.251 e. The molecule has 0 saturated heterocycles. The Hall–Kier alpha value is -4.23. The van der Waals surface area contributed by atoms with Gasteiger partial charge in [-0.3, -0.25) is 9.78 Å². The molecule has 0 saturated carbocycles. The number of amides is 1. The van der Waals surface area contributed by atoms with E-state index in [4.69, 9.17) is 5.10 Å². The summed E-state index contributed by atoms with van der Waals surface area (Å²) in [5.74, 6) is -0.137. The number of hydrogen-bond acceptors (Lipinski definition) is 5. The molecule has 0 aliphatic heterocycles. The molecule has 1 amide bonds. The Balaban J connectivity index is 1.32. The molecule has 1 N–H and O–H groups in total. The molecule has 0 radical (unpaired) electrons. The summed E-state index contributed by atoms with van der Waals surface area (Å²) in [7, 11) is 0. The number of carbonyl (C=O) groups is 1. The average molecular weight is 464 g/mol. The predicted molar refractivity (Wildman–Crippen MR) is 133 cm³/mol. The van der Waals surface area contributed by atoms with Gasteiger partial charge in [-0.25, -0.2) is 9.67 Å². The second-order valence-electron chi connectivity index (χ2n) is 7.50. The van der Waals surface area contributed by atoms with Crippen molar-refractivity contribution in [1.29, 1.82) is 0 Å². The Bertz CT molecular complexity index is 1370. The van der Waals surface area contributed by atoms with E-state index in [0.717, 1.165) is 32.4 Å². The van der Waals surface area contributed by atoms with Crippen LogP contribution in [0.4, 0.5) is 0 Å². The Morgan fingerprint density at radius 3 is 2.35 bits per heavy atom. The van der Waals surface area contributed by atoms with Gasteiger partial charge in [0.1, 0.15) is 5.03 Å². The maximum absolute atomic E-state index is 12.8. The van der Waals surface area contributed by atoms with Gasteiger partial charge in [0.2, 0.25) is 0 Å². The molecule has 0 fully saturated rings. The third-order valence-electron chi connectivity index (χ3n) is 5.18. The molecule has 34 heavy (non-hydrogen) atoms. The van der Waals surface area contributed by atoms with Crippen LogP contribution in [0.2, 0.25) is 0 Å². The number of para-hydroxylation sites is 1. The quantitative estimate of drug-likeness (QED) is 0.349. The van der Waals surface area contributed by atoms with E-state index in [-0.39, 0.29) is 5.91 Å². The lowest BCUT2D eigenvalue weighted by atomic mass is 10.1. The summed E-state index contributed by atoms with van der Waals surface area (Å²) < 4.78 is 1.83. The number of rotatable bonds is 7. The number of hydrogen-bond donors (Lipinski definition) is 1. The van der Waals surface area contributed by atoms with Crippen molar-refractivity contribution in [2.75, 3.05) is 0 Å². The summed E-state index contributed by atoms with van der Waals surface area (Å²) >= 11 is 1.56. The van der Waals surface area contributed by atoms with Gasteiger partial charge >= 0.3 is 0 Å². The highest BCUT2D eigenvalue weighted by atomic mass is 32.2. The van der Waals surface area contributed by atoms with Crippen LogP contribution in [0.5, 0.6) is 0 Å². The first-order chi connectivity index (χ1) is 16.8. The number of nitrogens with one attached hydrogen (secondary N) is 1. The second kappa shape index (κ2) is 10.1. The SMILES string of the molecule is O=C(NCc1cn(-c2ccccc2)nc1-c1ccncc1)c1ccc(Sc2ccccn2)cc1. The third-order valence-corrected chi connectivity index (χ3v) is 6.14. The zero-order valence-electron chi connectivity index (χ0n) is 18.2. The summed E-state index contributed by atoms with van der Waals surface area (Å²) in [4.78, 5) is 22.3. The van der Waals surface area contributed by atoms with Crippen LogP contribution in [0.25, 0.3) is 16.9 Å². The topological polar surface area (TPSA) is 72.7 Å². The molecule has 7 heteroatoms. The van der Waals surface area contributed by atoms with E-state index in [0.29, 0.717) is 12.1 Å². The van der Waals surface area contributed by atoms with Crippen LogP contribution >= 0.6 is 11.8 Å². The van der Waals surface area contributed by atoms with E-state index in [9.17, 15) is 4.79 Å². The Kier molecular flexibility index (Phi) is 6.45. The lowest BCUT2D eigenvalue weighted by Gasteiger charge is -2.07. The van der Waals surface area contributed by atoms with Crippen molar-refractivity contribution in [3.05, 3.63) is 121 Å². The zero-order valence-corrected chi connectivity index (χ0v) is 19.0. The molecule has 5 aromatic rings. The summed E-state index contributed by atoms with van der Waals surface area (Å²) in [6.07, 6.45) is 7.20. The number of nitrogens with zero attached hydrogens (tertiary/aromatic N) is 4. The maximum Gasteiger partial charge on any atom is 0.251 e. The van der Waals surface area contributed by atoms with Gasteiger partial charge in [-0.2, -0.15) is 5.10 Å². The van der Waals surface area contributed by atoms with Crippen molar-refractivity contribution < 1.29 is 4.79 Å². The third kappa shape index (κ3) is 5.05. The van der Waals surface area contributed by atoms with E-state index < -0.39 is 0 Å². The summed E-state index contributed by atoms with van der Waals surface area (Å²) in [6.45, 7) is 0.355. The van der Waals surface area contributed by atoms with E-state index >= 15 is 0 Å². The van der Waals surface area contributed by atoms with Gasteiger partial charge in [0, 0.05) is 52.9 Å². The van der Waals surface area contributed by atoms with Crippen LogP contribution < -0.4 is 5.32 Å². The molecule has 2 aromatic carbocycles. The molecule has 5 rings (SSSR count). The Morgan fingerprint density at radius 1 is 0.853 bits per heavy atom. The molecular formula is C27H21N5OS. The number of pyridine rings is 2. The molecule has 0 aliphatic rings. The van der Waals surface area contributed by atoms with Gasteiger partial charge in [-0.15, -0.1) is 0 Å². The number of aromatic nitrogens is 4. The van der Waals surface area contributed by atoms with E-state index in [1.165, 1.54) is 0 Å². The van der Waals surface area contributed by atoms with E-state index in [2.05, 4.69) is 15.3 Å². The minimum Gasteiger partial charge on any atom is -0.348 e. The molecule has 0 bridgehead atoms. The molecule has 0 aliphatic carbocycles. The fraction of sp³-hybridized carbons (Fsp3) is 0.0370. The normalized spacial score (nSPS) is 10.7. The van der Waals surface area contributed by atoms with Crippen LogP contribution in [0.3, 0.4) is 0 Å². The van der Waals surface area contributed by atoms with Crippen LogP contribution in [0, 0.1) is 0 Å². The lowest BCUT2D eigenvalue weighted by Crippen LogP contribution is -2.22. The van der Waals surface area contributed by atoms with Crippen LogP contribution in [-0.4, -0.2) is 25.7 Å². The molecule has 3 heterocycles. The predicted octanol–water partition coefficient (Wildman–Crippen LogP) is 5.41. The molecule has 6 nitrogen and oxygen atoms in total. The summed E-state index contributed by atoms with van der Waals surface area (Å²) in [6, 6.07) is 27.1. The molecule has 166 valence electrons. The number of carbonyl (C=O) groups excluding carboxylic acids is 1. The number of benzene rings is 2. The molecular weight excluding hydrogens is 442 g/mol. The van der Waals surface area contributed by atoms with E-state index in [1.54, 1.807) is 30.4 Å². The van der Waals surface area contributed by atoms with Crippen molar-refractivity contribution in [3.8, 4) is 16.9 Å². The zero-order chi connectivity index (χ0) is 23.2. The highest BCUT2D eigenvalue weighted by molar-refractivity contribution is 7.99. The lowest BCUT2D eigenvalue weighted by molar-refractivity contribution is 0.0951. The van der Waals surface area contributed by atoms with E-state index in [1.807, 2.05) is 95.8 Å². The molecule has 0 spiro atoms. The molecule has 0 unspecified atom stereocenters. The van der Waals surface area contributed by atoms with Gasteiger partial charge in [0.25, 0.3) is 5.91 Å². The largest absolute Gasteiger partial charge is 0.348 e. The van der Waals surface area contributed by atoms with Gasteiger partial charge < -0.3 is 5.32 Å². The van der Waals surface area contributed by atoms with Gasteiger partial charge in [-0.1, -0.05) is 36.0 Å². The first kappa shape index (κ1) is 21.6. The maximum atomic E-state index is 12.8. The van der Waals surface area contributed by atoms with Gasteiger partial charge in [-0.05, 0) is 60.7 Å². The van der Waals surface area contributed by atoms with Crippen molar-refractivity contribution in [1.82, 2.24) is 25.1 Å². The fourth-order valence-electron chi connectivity index (χ4n) is 3.48. The van der Waals surface area contributed by atoms with Crippen molar-refractivity contribution in [2.24, 2.45) is 0 Å². The van der Waals surface area contributed by atoms with Gasteiger partial charge in [0.05, 0.1) is 11.4 Å². The Morgan fingerprint density at radius 2 is 1.62 bits per heavy atom. The van der Waals surface area contributed by atoms with Crippen LogP contribution in [-0.2, 0) is 6.54 Å². The van der Waals surface area contributed by atoms with Crippen LogP contribution in [0.1, 0.15) is 15.9 Å². The highest BCUT2D eigenvalue weighted by Gasteiger charge is 2.14. The summed E-state index contributed by atoms with van der Waals surface area (Å²) in [5, 5.41) is 8.73.